The molecule has 0 spiro atoms. The van der Waals surface area contributed by atoms with Gasteiger partial charge in [0.2, 0.25) is 0 Å². The second-order valence-corrected chi connectivity index (χ2v) is 5.40. The highest BCUT2D eigenvalue weighted by Gasteiger charge is 2.32. The van der Waals surface area contributed by atoms with Crippen molar-refractivity contribution in [2.24, 2.45) is 0 Å². The third kappa shape index (κ3) is 2.97. The van der Waals surface area contributed by atoms with Crippen molar-refractivity contribution in [3.8, 4) is 0 Å². The highest BCUT2D eigenvalue weighted by Crippen LogP contribution is 2.33. The van der Waals surface area contributed by atoms with Crippen LogP contribution in [-0.2, 0) is 4.74 Å². The molecule has 1 aromatic carbocycles. The van der Waals surface area contributed by atoms with Crippen molar-refractivity contribution in [1.82, 2.24) is 4.90 Å². The lowest BCUT2D eigenvalue weighted by Crippen LogP contribution is -2.30. The molecule has 1 amide bonds. The second-order valence-electron chi connectivity index (χ2n) is 5.40. The number of rotatable bonds is 3. The topological polar surface area (TPSA) is 59.8 Å². The van der Waals surface area contributed by atoms with Gasteiger partial charge in [-0.3, -0.25) is 4.79 Å². The van der Waals surface area contributed by atoms with E-state index in [4.69, 9.17) is 4.42 Å². The first-order chi connectivity index (χ1) is 11.1. The standard InChI is InChI=1S/C17H16FNO4/c1-22-17(21)12-9-15(23-10-12)16(20)19-8-2-3-14(19)11-4-6-13(18)7-5-11/h4-7,9-10,14H,2-3,8H2,1H3/t14-/m1/s1. The summed E-state index contributed by atoms with van der Waals surface area (Å²) in [7, 11) is 1.27. The van der Waals surface area contributed by atoms with Gasteiger partial charge < -0.3 is 14.1 Å². The zero-order valence-electron chi connectivity index (χ0n) is 12.6. The van der Waals surface area contributed by atoms with E-state index in [0.717, 1.165) is 18.4 Å². The molecule has 0 saturated carbocycles. The Morgan fingerprint density at radius 3 is 2.74 bits per heavy atom. The van der Waals surface area contributed by atoms with Crippen molar-refractivity contribution in [2.75, 3.05) is 13.7 Å². The molecule has 0 N–H and O–H groups in total. The lowest BCUT2D eigenvalue weighted by Gasteiger charge is -2.24. The number of nitrogens with zero attached hydrogens (tertiary/aromatic N) is 1. The van der Waals surface area contributed by atoms with Crippen LogP contribution in [0.1, 0.15) is 45.4 Å². The fourth-order valence-electron chi connectivity index (χ4n) is 2.86. The predicted molar refractivity (Wildman–Crippen MR) is 79.5 cm³/mol. The summed E-state index contributed by atoms with van der Waals surface area (Å²) in [5, 5.41) is 0. The van der Waals surface area contributed by atoms with Crippen LogP contribution in [0.15, 0.2) is 41.0 Å². The van der Waals surface area contributed by atoms with Crippen molar-refractivity contribution in [1.29, 1.82) is 0 Å². The van der Waals surface area contributed by atoms with E-state index in [1.165, 1.54) is 31.6 Å². The predicted octanol–water partition coefficient (Wildman–Crippen LogP) is 3.18. The average molecular weight is 317 g/mol. The maximum absolute atomic E-state index is 13.1. The molecule has 1 saturated heterocycles. The normalized spacial score (nSPS) is 17.3. The lowest BCUT2D eigenvalue weighted by molar-refractivity contribution is 0.0599. The number of ether oxygens (including phenoxy) is 1. The molecule has 1 aliphatic heterocycles. The fraction of sp³-hybridized carbons (Fsp3) is 0.294. The van der Waals surface area contributed by atoms with Crippen LogP contribution >= 0.6 is 0 Å². The van der Waals surface area contributed by atoms with Gasteiger partial charge in [0.25, 0.3) is 5.91 Å². The minimum Gasteiger partial charge on any atom is -0.465 e. The summed E-state index contributed by atoms with van der Waals surface area (Å²) < 4.78 is 22.9. The number of hydrogen-bond acceptors (Lipinski definition) is 4. The zero-order valence-corrected chi connectivity index (χ0v) is 12.6. The largest absolute Gasteiger partial charge is 0.465 e. The van der Waals surface area contributed by atoms with Crippen LogP contribution in [0, 0.1) is 5.82 Å². The second kappa shape index (κ2) is 6.24. The molecule has 0 aliphatic carbocycles. The fourth-order valence-corrected chi connectivity index (χ4v) is 2.86. The maximum atomic E-state index is 13.1. The van der Waals surface area contributed by atoms with Gasteiger partial charge in [-0.05, 0) is 30.5 Å². The summed E-state index contributed by atoms with van der Waals surface area (Å²) in [5.74, 6) is -1.05. The molecule has 1 atom stereocenters. The molecular formula is C17H16FNO4. The summed E-state index contributed by atoms with van der Waals surface area (Å²) in [6.45, 7) is 0.592. The highest BCUT2D eigenvalue weighted by molar-refractivity contribution is 5.96. The molecule has 1 aromatic heterocycles. The number of amides is 1. The van der Waals surface area contributed by atoms with Crippen LogP contribution in [0.3, 0.4) is 0 Å². The van der Waals surface area contributed by atoms with E-state index in [2.05, 4.69) is 4.74 Å². The Morgan fingerprint density at radius 1 is 1.30 bits per heavy atom. The molecule has 3 rings (SSSR count). The van der Waals surface area contributed by atoms with Crippen LogP contribution in [0.2, 0.25) is 0 Å². The number of benzene rings is 1. The Labute approximate surface area is 132 Å². The molecule has 0 bridgehead atoms. The first kappa shape index (κ1) is 15.3. The first-order valence-corrected chi connectivity index (χ1v) is 7.33. The van der Waals surface area contributed by atoms with Crippen molar-refractivity contribution >= 4 is 11.9 Å². The molecule has 5 nitrogen and oxygen atoms in total. The first-order valence-electron chi connectivity index (χ1n) is 7.33. The minimum atomic E-state index is -0.552. The number of furan rings is 1. The van der Waals surface area contributed by atoms with Gasteiger partial charge in [-0.1, -0.05) is 12.1 Å². The molecule has 0 unspecified atom stereocenters. The summed E-state index contributed by atoms with van der Waals surface area (Å²) >= 11 is 0. The Balaban J connectivity index is 1.82. The summed E-state index contributed by atoms with van der Waals surface area (Å²) in [4.78, 5) is 25.8. The molecule has 2 heterocycles. The van der Waals surface area contributed by atoms with E-state index >= 15 is 0 Å². The van der Waals surface area contributed by atoms with Crippen LogP contribution in [0.25, 0.3) is 0 Å². The van der Waals surface area contributed by atoms with Crippen LogP contribution in [0.4, 0.5) is 4.39 Å². The van der Waals surface area contributed by atoms with Gasteiger partial charge in [0.1, 0.15) is 12.1 Å². The third-order valence-electron chi connectivity index (χ3n) is 4.00. The van der Waals surface area contributed by atoms with E-state index in [-0.39, 0.29) is 29.1 Å². The molecule has 6 heteroatoms. The van der Waals surface area contributed by atoms with Gasteiger partial charge >= 0.3 is 5.97 Å². The van der Waals surface area contributed by atoms with E-state index in [1.54, 1.807) is 17.0 Å². The number of methoxy groups -OCH3 is 1. The van der Waals surface area contributed by atoms with Crippen molar-refractivity contribution in [3.63, 3.8) is 0 Å². The molecule has 1 aliphatic rings. The number of carbonyl (C=O) groups excluding carboxylic acids is 2. The monoisotopic (exact) mass is 317 g/mol. The number of carbonyl (C=O) groups is 2. The van der Waals surface area contributed by atoms with E-state index in [0.29, 0.717) is 6.54 Å². The van der Waals surface area contributed by atoms with Crippen LogP contribution in [0.5, 0.6) is 0 Å². The van der Waals surface area contributed by atoms with Gasteiger partial charge in [-0.15, -0.1) is 0 Å². The van der Waals surface area contributed by atoms with E-state index in [1.807, 2.05) is 0 Å². The minimum absolute atomic E-state index is 0.0967. The molecule has 120 valence electrons. The zero-order chi connectivity index (χ0) is 16.4. The summed E-state index contributed by atoms with van der Waals surface area (Å²) in [6, 6.07) is 7.42. The smallest absolute Gasteiger partial charge is 0.341 e. The SMILES string of the molecule is COC(=O)c1coc(C(=O)N2CCC[C@@H]2c2ccc(F)cc2)c1. The van der Waals surface area contributed by atoms with Gasteiger partial charge in [-0.25, -0.2) is 9.18 Å². The van der Waals surface area contributed by atoms with Crippen LogP contribution in [-0.4, -0.2) is 30.4 Å². The van der Waals surface area contributed by atoms with Gasteiger partial charge in [-0.2, -0.15) is 0 Å². The third-order valence-corrected chi connectivity index (χ3v) is 4.00. The van der Waals surface area contributed by atoms with Gasteiger partial charge in [0, 0.05) is 12.6 Å². The molecule has 1 fully saturated rings. The Morgan fingerprint density at radius 2 is 2.04 bits per heavy atom. The Kier molecular flexibility index (Phi) is 4.14. The Bertz CT molecular complexity index is 722. The van der Waals surface area contributed by atoms with Crippen molar-refractivity contribution in [3.05, 3.63) is 59.3 Å². The lowest BCUT2D eigenvalue weighted by atomic mass is 10.0. The number of halogens is 1. The van der Waals surface area contributed by atoms with Gasteiger partial charge in [0.15, 0.2) is 5.76 Å². The van der Waals surface area contributed by atoms with Crippen molar-refractivity contribution in [2.45, 2.75) is 18.9 Å². The summed E-state index contributed by atoms with van der Waals surface area (Å²) in [5.41, 5.74) is 1.09. The molecule has 2 aromatic rings. The number of esters is 1. The van der Waals surface area contributed by atoms with Crippen LogP contribution < -0.4 is 0 Å². The molecule has 0 radical (unpaired) electrons. The number of likely N-dealkylation sites (tertiary alicyclic amines) is 1. The maximum Gasteiger partial charge on any atom is 0.341 e. The molecule has 23 heavy (non-hydrogen) atoms. The van der Waals surface area contributed by atoms with Crippen molar-refractivity contribution < 1.29 is 23.1 Å². The quantitative estimate of drug-likeness (QED) is 0.816. The average Bonchev–Trinajstić information content (AvgIpc) is 3.23. The molecular weight excluding hydrogens is 301 g/mol. The summed E-state index contributed by atoms with van der Waals surface area (Å²) in [6.07, 6.45) is 2.88. The highest BCUT2D eigenvalue weighted by atomic mass is 19.1. The van der Waals surface area contributed by atoms with E-state index in [9.17, 15) is 14.0 Å². The Hall–Kier alpha value is -2.63. The van der Waals surface area contributed by atoms with E-state index < -0.39 is 5.97 Å². The number of hydrogen-bond donors (Lipinski definition) is 0. The van der Waals surface area contributed by atoms with Gasteiger partial charge in [0.05, 0.1) is 18.7 Å².